The Morgan fingerprint density at radius 3 is 2.38 bits per heavy atom. The second-order valence-corrected chi connectivity index (χ2v) is 5.23. The highest BCUT2D eigenvalue weighted by molar-refractivity contribution is 5.99. The van der Waals surface area contributed by atoms with Crippen molar-refractivity contribution in [2.75, 3.05) is 20.3 Å². The van der Waals surface area contributed by atoms with E-state index in [4.69, 9.17) is 14.2 Å². The highest BCUT2D eigenvalue weighted by Gasteiger charge is 2.43. The summed E-state index contributed by atoms with van der Waals surface area (Å²) in [6, 6.07) is 9.83. The predicted octanol–water partition coefficient (Wildman–Crippen LogP) is 3.05. The average Bonchev–Trinajstić information content (AvgIpc) is 3.10. The van der Waals surface area contributed by atoms with E-state index in [-0.39, 0.29) is 19.3 Å². The molecule has 0 bridgehead atoms. The van der Waals surface area contributed by atoms with Gasteiger partial charge < -0.3 is 18.8 Å². The molecule has 1 atom stereocenters. The zero-order valence-corrected chi connectivity index (χ0v) is 14.6. The Bertz CT molecular complexity index is 648. The van der Waals surface area contributed by atoms with Gasteiger partial charge >= 0.3 is 5.97 Å². The number of Topliss-reactive ketones (excluding diaryl/α,β-unsaturated/α-hetero) is 1. The molecule has 130 valence electrons. The van der Waals surface area contributed by atoms with E-state index in [0.29, 0.717) is 5.69 Å². The van der Waals surface area contributed by atoms with Gasteiger partial charge in [-0.1, -0.05) is 30.3 Å². The number of imidazole rings is 1. The van der Waals surface area contributed by atoms with Crippen LogP contribution in [-0.4, -0.2) is 41.6 Å². The molecule has 2 aromatic rings. The van der Waals surface area contributed by atoms with Crippen molar-refractivity contribution in [3.63, 3.8) is 0 Å². The lowest BCUT2D eigenvalue weighted by atomic mass is 10.1. The van der Waals surface area contributed by atoms with Crippen molar-refractivity contribution in [1.29, 1.82) is 0 Å². The Morgan fingerprint density at radius 2 is 1.83 bits per heavy atom. The van der Waals surface area contributed by atoms with Crippen LogP contribution in [-0.2, 0) is 14.2 Å². The fourth-order valence-electron chi connectivity index (χ4n) is 2.60. The number of hydrogen-bond donors (Lipinski definition) is 0. The summed E-state index contributed by atoms with van der Waals surface area (Å²) in [7, 11) is 1.39. The Morgan fingerprint density at radius 1 is 1.21 bits per heavy atom. The van der Waals surface area contributed by atoms with Gasteiger partial charge in [-0.2, -0.15) is 0 Å². The fraction of sp³-hybridized carbons (Fsp3) is 0.444. The van der Waals surface area contributed by atoms with Gasteiger partial charge in [-0.05, 0) is 26.3 Å². The van der Waals surface area contributed by atoms with Crippen molar-refractivity contribution in [1.82, 2.24) is 9.55 Å². The second-order valence-electron chi connectivity index (χ2n) is 5.23. The van der Waals surface area contributed by atoms with Crippen LogP contribution < -0.4 is 0 Å². The van der Waals surface area contributed by atoms with E-state index in [0.717, 1.165) is 5.56 Å². The Labute approximate surface area is 142 Å². The number of aromatic nitrogens is 2. The zero-order chi connectivity index (χ0) is 17.6. The van der Waals surface area contributed by atoms with E-state index in [1.165, 1.54) is 13.3 Å². The lowest BCUT2D eigenvalue weighted by Gasteiger charge is -2.30. The highest BCUT2D eigenvalue weighted by Crippen LogP contribution is 2.25. The van der Waals surface area contributed by atoms with Crippen LogP contribution in [0.3, 0.4) is 0 Å². The number of rotatable bonds is 9. The summed E-state index contributed by atoms with van der Waals surface area (Å²) in [4.78, 5) is 17.2. The van der Waals surface area contributed by atoms with Crippen LogP contribution in [0.2, 0.25) is 0 Å². The molecule has 2 rings (SSSR count). The monoisotopic (exact) mass is 332 g/mol. The normalized spacial score (nSPS) is 13.0. The molecule has 0 N–H and O–H groups in total. The number of ketones is 1. The van der Waals surface area contributed by atoms with Gasteiger partial charge in [0.25, 0.3) is 5.78 Å². The first kappa shape index (κ1) is 18.3. The quantitative estimate of drug-likeness (QED) is 0.522. The Kier molecular flexibility index (Phi) is 6.25. The van der Waals surface area contributed by atoms with Crippen molar-refractivity contribution < 1.29 is 19.0 Å². The fourth-order valence-corrected chi connectivity index (χ4v) is 2.60. The van der Waals surface area contributed by atoms with Crippen molar-refractivity contribution in [2.24, 2.45) is 0 Å². The Balaban J connectivity index is 2.39. The first-order valence-corrected chi connectivity index (χ1v) is 8.04. The maximum absolute atomic E-state index is 13.1. The molecular formula is C18H24N2O4. The van der Waals surface area contributed by atoms with Crippen molar-refractivity contribution in [3.05, 3.63) is 54.1 Å². The molecule has 0 amide bonds. The van der Waals surface area contributed by atoms with Crippen molar-refractivity contribution >= 4 is 5.78 Å². The maximum atomic E-state index is 13.1. The molecule has 0 saturated carbocycles. The average molecular weight is 332 g/mol. The summed E-state index contributed by atoms with van der Waals surface area (Å²) in [5.41, 5.74) is 1.44. The SMILES string of the molecule is CCOC(OC)(OCC)C(=O)c1cncn1[C@H](C)c1ccccc1. The number of carbonyl (C=O) groups is 1. The lowest BCUT2D eigenvalue weighted by Crippen LogP contribution is -2.47. The lowest BCUT2D eigenvalue weighted by molar-refractivity contribution is -0.330. The van der Waals surface area contributed by atoms with Gasteiger partial charge in [0.15, 0.2) is 0 Å². The van der Waals surface area contributed by atoms with Gasteiger partial charge in [-0.15, -0.1) is 0 Å². The van der Waals surface area contributed by atoms with Crippen LogP contribution >= 0.6 is 0 Å². The van der Waals surface area contributed by atoms with Gasteiger partial charge in [0.05, 0.1) is 31.8 Å². The van der Waals surface area contributed by atoms with Crippen LogP contribution in [0.15, 0.2) is 42.9 Å². The molecule has 24 heavy (non-hydrogen) atoms. The number of ether oxygens (including phenoxy) is 3. The first-order chi connectivity index (χ1) is 11.6. The summed E-state index contributed by atoms with van der Waals surface area (Å²) in [5, 5.41) is 0. The molecule has 0 saturated heterocycles. The number of methoxy groups -OCH3 is 1. The molecule has 1 aromatic carbocycles. The molecule has 6 nitrogen and oxygen atoms in total. The molecule has 0 fully saturated rings. The molecule has 1 heterocycles. The Hall–Kier alpha value is -2.02. The molecule has 0 spiro atoms. The second kappa shape index (κ2) is 8.19. The number of nitrogens with zero attached hydrogens (tertiary/aromatic N) is 2. The first-order valence-electron chi connectivity index (χ1n) is 8.04. The number of carbonyl (C=O) groups excluding carboxylic acids is 1. The van der Waals surface area contributed by atoms with E-state index in [2.05, 4.69) is 4.98 Å². The van der Waals surface area contributed by atoms with E-state index in [1.54, 1.807) is 24.7 Å². The molecule has 1 aromatic heterocycles. The van der Waals surface area contributed by atoms with Crippen LogP contribution in [0.1, 0.15) is 42.9 Å². The zero-order valence-electron chi connectivity index (χ0n) is 14.6. The third-order valence-corrected chi connectivity index (χ3v) is 3.81. The minimum atomic E-state index is -1.75. The van der Waals surface area contributed by atoms with Crippen molar-refractivity contribution in [2.45, 2.75) is 32.8 Å². The molecular weight excluding hydrogens is 308 g/mol. The smallest absolute Gasteiger partial charge is 0.324 e. The third-order valence-electron chi connectivity index (χ3n) is 3.81. The van der Waals surface area contributed by atoms with E-state index >= 15 is 0 Å². The van der Waals surface area contributed by atoms with E-state index in [1.807, 2.05) is 37.3 Å². The van der Waals surface area contributed by atoms with Gasteiger partial charge in [0, 0.05) is 7.11 Å². The molecule has 0 aliphatic carbocycles. The number of hydrogen-bond acceptors (Lipinski definition) is 5. The molecule has 0 radical (unpaired) electrons. The molecule has 6 heteroatoms. The maximum Gasteiger partial charge on any atom is 0.352 e. The van der Waals surface area contributed by atoms with Crippen molar-refractivity contribution in [3.8, 4) is 0 Å². The van der Waals surface area contributed by atoms with Crippen LogP contribution in [0.5, 0.6) is 0 Å². The minimum absolute atomic E-state index is 0.0644. The summed E-state index contributed by atoms with van der Waals surface area (Å²) < 4.78 is 18.1. The van der Waals surface area contributed by atoms with Crippen LogP contribution in [0.25, 0.3) is 0 Å². The summed E-state index contributed by atoms with van der Waals surface area (Å²) in [6.07, 6.45) is 3.14. The van der Waals surface area contributed by atoms with E-state index in [9.17, 15) is 4.79 Å². The summed E-state index contributed by atoms with van der Waals surface area (Å²) >= 11 is 0. The summed E-state index contributed by atoms with van der Waals surface area (Å²) in [6.45, 7) is 6.13. The number of benzene rings is 1. The molecule has 0 aliphatic heterocycles. The van der Waals surface area contributed by atoms with Crippen LogP contribution in [0.4, 0.5) is 0 Å². The highest BCUT2D eigenvalue weighted by atomic mass is 16.9. The van der Waals surface area contributed by atoms with Gasteiger partial charge in [0.2, 0.25) is 0 Å². The van der Waals surface area contributed by atoms with Gasteiger partial charge in [-0.25, -0.2) is 4.98 Å². The van der Waals surface area contributed by atoms with Gasteiger partial charge in [0.1, 0.15) is 5.69 Å². The van der Waals surface area contributed by atoms with Crippen LogP contribution in [0, 0.1) is 0 Å². The standard InChI is InChI=1S/C18H24N2O4/c1-5-23-18(22-4,24-6-2)17(21)16-12-19-13-20(16)14(3)15-10-8-7-9-11-15/h7-14H,5-6H2,1-4H3/t14-/m1/s1. The predicted molar refractivity (Wildman–Crippen MR) is 89.8 cm³/mol. The van der Waals surface area contributed by atoms with Gasteiger partial charge in [-0.3, -0.25) is 4.79 Å². The van der Waals surface area contributed by atoms with E-state index < -0.39 is 11.8 Å². The molecule has 0 aliphatic rings. The third kappa shape index (κ3) is 3.56. The largest absolute Gasteiger partial charge is 0.352 e. The summed E-state index contributed by atoms with van der Waals surface area (Å²) in [5.74, 6) is -2.16. The molecule has 0 unspecified atom stereocenters. The minimum Gasteiger partial charge on any atom is -0.324 e. The topological polar surface area (TPSA) is 62.6 Å².